The SMILES string of the molecule is C=C[C@H]1O[C@@H](n2cnc3c(NN4CCC(Sc5ccccc5)CC4)nc(Cl)nc32)C(O)C1O. The van der Waals surface area contributed by atoms with E-state index >= 15 is 0 Å². The number of anilines is 1. The predicted molar refractivity (Wildman–Crippen MR) is 127 cm³/mol. The van der Waals surface area contributed by atoms with Crippen LogP contribution in [0, 0.1) is 0 Å². The normalized spacial score (nSPS) is 26.6. The van der Waals surface area contributed by atoms with Gasteiger partial charge in [-0.25, -0.2) is 9.99 Å². The van der Waals surface area contributed by atoms with Crippen molar-refractivity contribution in [3.63, 3.8) is 0 Å². The highest BCUT2D eigenvalue weighted by atomic mass is 35.5. The lowest BCUT2D eigenvalue weighted by molar-refractivity contribution is -0.0244. The molecule has 0 saturated carbocycles. The van der Waals surface area contributed by atoms with Crippen LogP contribution in [-0.4, -0.2) is 71.4 Å². The molecule has 2 aromatic heterocycles. The van der Waals surface area contributed by atoms with E-state index in [4.69, 9.17) is 16.3 Å². The van der Waals surface area contributed by atoms with Crippen LogP contribution in [0.3, 0.4) is 0 Å². The number of nitrogens with zero attached hydrogens (tertiary/aromatic N) is 5. The molecule has 2 unspecified atom stereocenters. The molecule has 4 heterocycles. The van der Waals surface area contributed by atoms with E-state index in [2.05, 4.69) is 56.2 Å². The Morgan fingerprint density at radius 1 is 1.15 bits per heavy atom. The van der Waals surface area contributed by atoms with Gasteiger partial charge in [0, 0.05) is 23.2 Å². The highest BCUT2D eigenvalue weighted by Crippen LogP contribution is 2.34. The fraction of sp³-hybridized carbons (Fsp3) is 0.409. The van der Waals surface area contributed by atoms with Crippen molar-refractivity contribution in [2.24, 2.45) is 0 Å². The van der Waals surface area contributed by atoms with Crippen molar-refractivity contribution in [1.29, 1.82) is 0 Å². The Morgan fingerprint density at radius 3 is 2.61 bits per heavy atom. The largest absolute Gasteiger partial charge is 0.387 e. The van der Waals surface area contributed by atoms with Gasteiger partial charge >= 0.3 is 0 Å². The average molecular weight is 489 g/mol. The standard InChI is InChI=1S/C22H25ClN6O3S/c1-2-15-17(30)18(31)21(32-15)29-12-24-16-19(25-22(23)26-20(16)29)27-28-10-8-14(9-11-28)33-13-6-4-3-5-7-13/h2-7,12,14-15,17-18,21,30-31H,1,8-11H2,(H,25,26,27)/t15-,17?,18?,21-/m1/s1. The Balaban J connectivity index is 1.30. The van der Waals surface area contributed by atoms with Crippen LogP contribution in [0.4, 0.5) is 5.82 Å². The topological polar surface area (TPSA) is 109 Å². The van der Waals surface area contributed by atoms with Crippen molar-refractivity contribution < 1.29 is 14.9 Å². The molecule has 0 amide bonds. The van der Waals surface area contributed by atoms with Gasteiger partial charge in [0.2, 0.25) is 5.28 Å². The van der Waals surface area contributed by atoms with Gasteiger partial charge in [-0.05, 0) is 36.6 Å². The molecule has 4 atom stereocenters. The number of imidazole rings is 1. The summed E-state index contributed by atoms with van der Waals surface area (Å²) in [6.45, 7) is 5.35. The van der Waals surface area contributed by atoms with Crippen molar-refractivity contribution >= 4 is 40.3 Å². The molecule has 2 aliphatic heterocycles. The monoisotopic (exact) mass is 488 g/mol. The summed E-state index contributed by atoms with van der Waals surface area (Å²) >= 11 is 8.13. The first-order valence-electron chi connectivity index (χ1n) is 10.8. The number of nitrogens with one attached hydrogen (secondary N) is 1. The lowest BCUT2D eigenvalue weighted by Crippen LogP contribution is -2.39. The number of halogens is 1. The van der Waals surface area contributed by atoms with Crippen LogP contribution in [0.25, 0.3) is 11.2 Å². The minimum atomic E-state index is -1.16. The van der Waals surface area contributed by atoms with E-state index in [0.29, 0.717) is 22.2 Å². The number of hydrogen-bond donors (Lipinski definition) is 3. The zero-order valence-electron chi connectivity index (χ0n) is 17.8. The number of thioether (sulfide) groups is 1. The molecule has 1 aromatic carbocycles. The molecule has 0 bridgehead atoms. The summed E-state index contributed by atoms with van der Waals surface area (Å²) in [5, 5.41) is 23.3. The molecule has 174 valence electrons. The predicted octanol–water partition coefficient (Wildman–Crippen LogP) is 2.87. The fourth-order valence-corrected chi connectivity index (χ4v) is 5.50. The van der Waals surface area contributed by atoms with Crippen LogP contribution in [0.2, 0.25) is 5.28 Å². The van der Waals surface area contributed by atoms with Gasteiger partial charge in [-0.15, -0.1) is 18.3 Å². The first-order valence-corrected chi connectivity index (χ1v) is 12.1. The van der Waals surface area contributed by atoms with Gasteiger partial charge in [-0.3, -0.25) is 4.57 Å². The first-order chi connectivity index (χ1) is 16.0. The fourth-order valence-electron chi connectivity index (χ4n) is 4.19. The van der Waals surface area contributed by atoms with Crippen molar-refractivity contribution in [2.45, 2.75) is 47.5 Å². The summed E-state index contributed by atoms with van der Waals surface area (Å²) in [4.78, 5) is 14.4. The smallest absolute Gasteiger partial charge is 0.226 e. The molecule has 0 radical (unpaired) electrons. The molecule has 0 aliphatic carbocycles. The van der Waals surface area contributed by atoms with Crippen LogP contribution >= 0.6 is 23.4 Å². The number of rotatable bonds is 6. The Hall–Kier alpha value is -2.21. The third-order valence-corrected chi connectivity index (χ3v) is 7.45. The summed E-state index contributed by atoms with van der Waals surface area (Å²) in [5.41, 5.74) is 4.25. The van der Waals surface area contributed by atoms with Crippen LogP contribution in [0.1, 0.15) is 19.1 Å². The number of fused-ring (bicyclic) bond motifs is 1. The molecule has 0 spiro atoms. The second kappa shape index (κ2) is 9.57. The van der Waals surface area contributed by atoms with Crippen molar-refractivity contribution in [3.8, 4) is 0 Å². The number of benzene rings is 1. The van der Waals surface area contributed by atoms with Gasteiger partial charge in [-0.2, -0.15) is 9.97 Å². The molecule has 33 heavy (non-hydrogen) atoms. The van der Waals surface area contributed by atoms with Crippen LogP contribution < -0.4 is 5.43 Å². The maximum absolute atomic E-state index is 10.4. The highest BCUT2D eigenvalue weighted by molar-refractivity contribution is 8.00. The first kappa shape index (κ1) is 22.6. The minimum absolute atomic E-state index is 0.0505. The molecule has 2 aliphatic rings. The number of piperidine rings is 1. The van der Waals surface area contributed by atoms with E-state index < -0.39 is 24.5 Å². The van der Waals surface area contributed by atoms with E-state index in [-0.39, 0.29) is 5.28 Å². The Kier molecular flexibility index (Phi) is 6.55. The molecule has 11 heteroatoms. The van der Waals surface area contributed by atoms with E-state index in [0.717, 1.165) is 25.9 Å². The summed E-state index contributed by atoms with van der Waals surface area (Å²) in [5.74, 6) is 0.492. The lowest BCUT2D eigenvalue weighted by Gasteiger charge is -2.32. The second-order valence-corrected chi connectivity index (χ2v) is 9.81. The molecule has 3 aromatic rings. The van der Waals surface area contributed by atoms with Gasteiger partial charge in [0.25, 0.3) is 0 Å². The molecular formula is C22H25ClN6O3S. The quantitative estimate of drug-likeness (QED) is 0.356. The maximum Gasteiger partial charge on any atom is 0.226 e. The number of aliphatic hydroxyl groups is 2. The third-order valence-electron chi connectivity index (χ3n) is 5.93. The Morgan fingerprint density at radius 2 is 1.91 bits per heavy atom. The molecule has 2 saturated heterocycles. The van der Waals surface area contributed by atoms with E-state index in [1.165, 1.54) is 17.3 Å². The van der Waals surface area contributed by atoms with Crippen molar-refractivity contribution in [1.82, 2.24) is 24.5 Å². The molecule has 5 rings (SSSR count). The lowest BCUT2D eigenvalue weighted by atomic mass is 10.1. The van der Waals surface area contributed by atoms with Gasteiger partial charge in [-0.1, -0.05) is 24.3 Å². The van der Waals surface area contributed by atoms with Crippen molar-refractivity contribution in [2.75, 3.05) is 18.5 Å². The summed E-state index contributed by atoms with van der Waals surface area (Å²) in [7, 11) is 0. The maximum atomic E-state index is 10.4. The third kappa shape index (κ3) is 4.59. The zero-order valence-corrected chi connectivity index (χ0v) is 19.4. The summed E-state index contributed by atoms with van der Waals surface area (Å²) in [6.07, 6.45) is 1.24. The van der Waals surface area contributed by atoms with Gasteiger partial charge in [0.05, 0.1) is 6.33 Å². The Labute approximate surface area is 200 Å². The van der Waals surface area contributed by atoms with E-state index in [1.807, 2.05) is 17.8 Å². The number of aromatic nitrogens is 4. The van der Waals surface area contributed by atoms with E-state index in [9.17, 15) is 10.2 Å². The van der Waals surface area contributed by atoms with Crippen molar-refractivity contribution in [3.05, 3.63) is 54.6 Å². The summed E-state index contributed by atoms with van der Waals surface area (Å²) < 4.78 is 7.31. The van der Waals surface area contributed by atoms with Crippen LogP contribution in [0.15, 0.2) is 54.2 Å². The highest BCUT2D eigenvalue weighted by Gasteiger charge is 2.43. The van der Waals surface area contributed by atoms with Gasteiger partial charge in [0.1, 0.15) is 18.3 Å². The number of ether oxygens (including phenoxy) is 1. The minimum Gasteiger partial charge on any atom is -0.387 e. The molecular weight excluding hydrogens is 464 g/mol. The number of hydrogen-bond acceptors (Lipinski definition) is 9. The second-order valence-electron chi connectivity index (χ2n) is 8.10. The van der Waals surface area contributed by atoms with Crippen LogP contribution in [-0.2, 0) is 4.74 Å². The van der Waals surface area contributed by atoms with Gasteiger partial charge in [0.15, 0.2) is 23.2 Å². The Bertz CT molecular complexity index is 1120. The zero-order chi connectivity index (χ0) is 22.9. The molecule has 3 N–H and O–H groups in total. The summed E-state index contributed by atoms with van der Waals surface area (Å²) in [6, 6.07) is 10.5. The van der Waals surface area contributed by atoms with Crippen LogP contribution in [0.5, 0.6) is 0 Å². The van der Waals surface area contributed by atoms with E-state index in [1.54, 1.807) is 4.57 Å². The molecule has 9 nitrogen and oxygen atoms in total. The number of aliphatic hydroxyl groups excluding tert-OH is 2. The average Bonchev–Trinajstić information content (AvgIpc) is 3.36. The van der Waals surface area contributed by atoms with Gasteiger partial charge < -0.3 is 20.4 Å². The molecule has 2 fully saturated rings. The number of hydrazine groups is 1.